The summed E-state index contributed by atoms with van der Waals surface area (Å²) in [5, 5.41) is 6.25. The number of carbonyl (C=O) groups excluding carboxylic acids is 2. The standard InChI is InChI=1S/C23H22ClN3O3/c1-15-3-5-17(6-4-15)21(26-16(2)28)13-22(29)27-19-9-12-23(25-14-19)30-20-10-7-18(24)8-11-20/h3-12,14,21H,13H2,1-2H3,(H,26,28)(H,27,29). The van der Waals surface area contributed by atoms with E-state index in [0.29, 0.717) is 22.3 Å². The summed E-state index contributed by atoms with van der Waals surface area (Å²) in [7, 11) is 0. The Morgan fingerprint density at radius 3 is 2.33 bits per heavy atom. The molecule has 0 spiro atoms. The second kappa shape index (κ2) is 9.89. The van der Waals surface area contributed by atoms with Crippen LogP contribution in [-0.2, 0) is 9.59 Å². The fraction of sp³-hybridized carbons (Fsp3) is 0.174. The van der Waals surface area contributed by atoms with E-state index >= 15 is 0 Å². The van der Waals surface area contributed by atoms with Gasteiger partial charge in [0, 0.05) is 18.0 Å². The first-order chi connectivity index (χ1) is 14.4. The third-order valence-electron chi connectivity index (χ3n) is 4.30. The molecule has 154 valence electrons. The highest BCUT2D eigenvalue weighted by atomic mass is 35.5. The molecule has 2 N–H and O–H groups in total. The molecule has 30 heavy (non-hydrogen) atoms. The maximum Gasteiger partial charge on any atom is 0.226 e. The lowest BCUT2D eigenvalue weighted by atomic mass is 10.0. The van der Waals surface area contributed by atoms with E-state index in [4.69, 9.17) is 16.3 Å². The molecule has 7 heteroatoms. The van der Waals surface area contributed by atoms with Crippen molar-refractivity contribution in [3.63, 3.8) is 0 Å². The van der Waals surface area contributed by atoms with Crippen molar-refractivity contribution in [3.05, 3.63) is 83.0 Å². The van der Waals surface area contributed by atoms with Gasteiger partial charge in [0.05, 0.1) is 24.3 Å². The van der Waals surface area contributed by atoms with Gasteiger partial charge in [-0.05, 0) is 42.8 Å². The van der Waals surface area contributed by atoms with E-state index in [-0.39, 0.29) is 18.2 Å². The fourth-order valence-electron chi connectivity index (χ4n) is 2.83. The molecule has 1 heterocycles. The molecule has 3 aromatic rings. The number of rotatable bonds is 7. The molecule has 0 saturated heterocycles. The lowest BCUT2D eigenvalue weighted by molar-refractivity contribution is -0.120. The van der Waals surface area contributed by atoms with Gasteiger partial charge in [0.25, 0.3) is 0 Å². The molecule has 6 nitrogen and oxygen atoms in total. The zero-order valence-electron chi connectivity index (χ0n) is 16.7. The molecule has 1 aromatic heterocycles. The van der Waals surface area contributed by atoms with E-state index in [0.717, 1.165) is 11.1 Å². The highest BCUT2D eigenvalue weighted by Gasteiger charge is 2.17. The second-order valence-electron chi connectivity index (χ2n) is 6.86. The summed E-state index contributed by atoms with van der Waals surface area (Å²) in [5.74, 6) is 0.576. The van der Waals surface area contributed by atoms with Crippen molar-refractivity contribution in [2.45, 2.75) is 26.3 Å². The molecule has 0 fully saturated rings. The Labute approximate surface area is 180 Å². The summed E-state index contributed by atoms with van der Waals surface area (Å²) < 4.78 is 5.64. The van der Waals surface area contributed by atoms with E-state index in [2.05, 4.69) is 15.6 Å². The number of amides is 2. The van der Waals surface area contributed by atoms with Gasteiger partial charge in [-0.1, -0.05) is 41.4 Å². The highest BCUT2D eigenvalue weighted by molar-refractivity contribution is 6.30. The van der Waals surface area contributed by atoms with Crippen LogP contribution >= 0.6 is 11.6 Å². The summed E-state index contributed by atoms with van der Waals surface area (Å²) in [5.41, 5.74) is 2.52. The van der Waals surface area contributed by atoms with Gasteiger partial charge in [-0.3, -0.25) is 9.59 Å². The number of aryl methyl sites for hydroxylation is 1. The number of hydrogen-bond donors (Lipinski definition) is 2. The van der Waals surface area contributed by atoms with Crippen molar-refractivity contribution >= 4 is 29.1 Å². The minimum atomic E-state index is -0.413. The van der Waals surface area contributed by atoms with E-state index < -0.39 is 6.04 Å². The molecule has 2 aromatic carbocycles. The first kappa shape index (κ1) is 21.3. The lowest BCUT2D eigenvalue weighted by Crippen LogP contribution is -2.29. The number of aromatic nitrogens is 1. The number of anilines is 1. The van der Waals surface area contributed by atoms with Crippen molar-refractivity contribution in [3.8, 4) is 11.6 Å². The molecule has 2 amide bonds. The third kappa shape index (κ3) is 6.32. The maximum atomic E-state index is 12.5. The summed E-state index contributed by atoms with van der Waals surface area (Å²) in [6.45, 7) is 3.42. The van der Waals surface area contributed by atoms with E-state index in [9.17, 15) is 9.59 Å². The molecule has 0 aliphatic rings. The van der Waals surface area contributed by atoms with E-state index in [1.54, 1.807) is 36.4 Å². The van der Waals surface area contributed by atoms with Crippen LogP contribution in [0.15, 0.2) is 66.9 Å². The molecule has 1 unspecified atom stereocenters. The van der Waals surface area contributed by atoms with Gasteiger partial charge in [-0.15, -0.1) is 0 Å². The van der Waals surface area contributed by atoms with Crippen LogP contribution in [0.4, 0.5) is 5.69 Å². The molecule has 0 saturated carbocycles. The molecule has 0 bridgehead atoms. The quantitative estimate of drug-likeness (QED) is 0.557. The van der Waals surface area contributed by atoms with Crippen LogP contribution in [0.1, 0.15) is 30.5 Å². The summed E-state index contributed by atoms with van der Waals surface area (Å²) in [4.78, 5) is 28.3. The van der Waals surface area contributed by atoms with Gasteiger partial charge in [0.15, 0.2) is 0 Å². The number of pyridine rings is 1. The van der Waals surface area contributed by atoms with Crippen LogP contribution in [0.5, 0.6) is 11.6 Å². The highest BCUT2D eigenvalue weighted by Crippen LogP contribution is 2.23. The number of nitrogens with zero attached hydrogens (tertiary/aromatic N) is 1. The largest absolute Gasteiger partial charge is 0.439 e. The molecular formula is C23H22ClN3O3. The SMILES string of the molecule is CC(=O)NC(CC(=O)Nc1ccc(Oc2ccc(Cl)cc2)nc1)c1ccc(C)cc1. The van der Waals surface area contributed by atoms with Crippen LogP contribution in [0.2, 0.25) is 5.02 Å². The number of hydrogen-bond acceptors (Lipinski definition) is 4. The Hall–Kier alpha value is -3.38. The Morgan fingerprint density at radius 1 is 1.03 bits per heavy atom. The Kier molecular flexibility index (Phi) is 7.03. The van der Waals surface area contributed by atoms with Crippen molar-refractivity contribution in [2.24, 2.45) is 0 Å². The van der Waals surface area contributed by atoms with Crippen LogP contribution in [0.25, 0.3) is 0 Å². The molecular weight excluding hydrogens is 402 g/mol. The number of benzene rings is 2. The summed E-state index contributed by atoms with van der Waals surface area (Å²) >= 11 is 5.86. The minimum absolute atomic E-state index is 0.103. The van der Waals surface area contributed by atoms with Crippen LogP contribution in [0.3, 0.4) is 0 Å². The normalized spacial score (nSPS) is 11.4. The molecule has 0 radical (unpaired) electrons. The molecule has 1 atom stereocenters. The number of halogens is 1. The average molecular weight is 424 g/mol. The lowest BCUT2D eigenvalue weighted by Gasteiger charge is -2.18. The predicted octanol–water partition coefficient (Wildman–Crippen LogP) is 5.04. The Bertz CT molecular complexity index is 1000. The van der Waals surface area contributed by atoms with Crippen molar-refractivity contribution in [1.82, 2.24) is 10.3 Å². The van der Waals surface area contributed by atoms with E-state index in [1.807, 2.05) is 31.2 Å². The third-order valence-corrected chi connectivity index (χ3v) is 4.55. The van der Waals surface area contributed by atoms with E-state index in [1.165, 1.54) is 13.1 Å². The number of carbonyl (C=O) groups is 2. The second-order valence-corrected chi connectivity index (χ2v) is 7.29. The van der Waals surface area contributed by atoms with Crippen LogP contribution < -0.4 is 15.4 Å². The van der Waals surface area contributed by atoms with Crippen LogP contribution in [0, 0.1) is 6.92 Å². The van der Waals surface area contributed by atoms with Crippen molar-refractivity contribution < 1.29 is 14.3 Å². The van der Waals surface area contributed by atoms with Gasteiger partial charge in [-0.25, -0.2) is 4.98 Å². The molecule has 3 rings (SSSR count). The van der Waals surface area contributed by atoms with Crippen molar-refractivity contribution in [2.75, 3.05) is 5.32 Å². The fourth-order valence-corrected chi connectivity index (χ4v) is 2.96. The zero-order valence-corrected chi connectivity index (χ0v) is 17.4. The van der Waals surface area contributed by atoms with Gasteiger partial charge < -0.3 is 15.4 Å². The smallest absolute Gasteiger partial charge is 0.226 e. The van der Waals surface area contributed by atoms with Gasteiger partial charge >= 0.3 is 0 Å². The van der Waals surface area contributed by atoms with Crippen molar-refractivity contribution in [1.29, 1.82) is 0 Å². The minimum Gasteiger partial charge on any atom is -0.439 e. The Morgan fingerprint density at radius 2 is 1.73 bits per heavy atom. The zero-order chi connectivity index (χ0) is 21.5. The van der Waals surface area contributed by atoms with Gasteiger partial charge in [0.2, 0.25) is 17.7 Å². The first-order valence-electron chi connectivity index (χ1n) is 9.42. The molecule has 0 aliphatic carbocycles. The summed E-state index contributed by atoms with van der Waals surface area (Å²) in [6.07, 6.45) is 1.62. The van der Waals surface area contributed by atoms with Gasteiger partial charge in [0.1, 0.15) is 5.75 Å². The first-order valence-corrected chi connectivity index (χ1v) is 9.80. The number of nitrogens with one attached hydrogen (secondary N) is 2. The van der Waals surface area contributed by atoms with Gasteiger partial charge in [-0.2, -0.15) is 0 Å². The Balaban J connectivity index is 1.61. The van der Waals surface area contributed by atoms with Crippen LogP contribution in [-0.4, -0.2) is 16.8 Å². The predicted molar refractivity (Wildman–Crippen MR) is 117 cm³/mol. The molecule has 0 aliphatic heterocycles. The topological polar surface area (TPSA) is 80.3 Å². The summed E-state index contributed by atoms with van der Waals surface area (Å²) in [6, 6.07) is 17.6. The monoisotopic (exact) mass is 423 g/mol. The maximum absolute atomic E-state index is 12.5. The number of ether oxygens (including phenoxy) is 1. The average Bonchev–Trinajstić information content (AvgIpc) is 2.71.